The van der Waals surface area contributed by atoms with Crippen molar-refractivity contribution in [3.05, 3.63) is 271 Å². The Morgan fingerprint density at radius 2 is 0.454 bits per heavy atom. The number of hydrogen-bond donors (Lipinski definition) is 0. The smallest absolute Gasteiger partial charge is 0.0675 e. The second kappa shape index (κ2) is 37.8. The van der Waals surface area contributed by atoms with Gasteiger partial charge in [-0.3, -0.25) is 0 Å². The molecule has 0 spiro atoms. The first-order valence-corrected chi connectivity index (χ1v) is 52.1. The van der Waals surface area contributed by atoms with Crippen LogP contribution in [0.3, 0.4) is 0 Å². The first-order valence-electron chi connectivity index (χ1n) is 46.0. The predicted octanol–water partition coefficient (Wildman–Crippen LogP) is 35.1. The van der Waals surface area contributed by atoms with Gasteiger partial charge in [-0.25, -0.2) is 0 Å². The molecular formula is C117H166Si2. The van der Waals surface area contributed by atoms with Crippen LogP contribution < -0.4 is 10.4 Å². The molecule has 0 heterocycles. The van der Waals surface area contributed by atoms with Gasteiger partial charge in [0.1, 0.15) is 0 Å². The highest BCUT2D eigenvalue weighted by molar-refractivity contribution is 6.93. The molecule has 0 radical (unpaired) electrons. The van der Waals surface area contributed by atoms with E-state index in [1.807, 2.05) is 0 Å². The maximum Gasteiger partial charge on any atom is 0.0867 e. The molecule has 119 heavy (non-hydrogen) atoms. The summed E-state index contributed by atoms with van der Waals surface area (Å²) in [6.45, 7) is 95.4. The van der Waals surface area contributed by atoms with Gasteiger partial charge in [0.2, 0.25) is 0 Å². The average Bonchev–Trinajstić information content (AvgIpc) is 0.768. The average molecular weight is 1630 g/mol. The van der Waals surface area contributed by atoms with E-state index in [0.717, 1.165) is 6.42 Å². The van der Waals surface area contributed by atoms with E-state index in [1.54, 1.807) is 10.4 Å². The topological polar surface area (TPSA) is 0 Å². The molecule has 642 valence electrons. The van der Waals surface area contributed by atoms with Gasteiger partial charge in [0.25, 0.3) is 0 Å². The third kappa shape index (κ3) is 22.2. The summed E-state index contributed by atoms with van der Waals surface area (Å²) in [5, 5.41) is 20.5. The van der Waals surface area contributed by atoms with Gasteiger partial charge in [-0.2, -0.15) is 0 Å². The standard InChI is InChI=1S/C21H32Si.C21H30.C20H28.C19H26.C18H26Si.C18H24/c1-8-22(9-2,10-3)20-15-19(21(5,6)7)16(4)17-13-11-12-14-18(17)20;1-8-21(7,9-2)19-14-18(20(4,5)6)15(3)16-12-10-11-13-17(16)19;1-8-20(6,7)18-13-17(19(3,4)5)14(2)15-11-9-10-12-16(15)18;2*1-13-14-10-8-9-11-15(14)17(19(5,6)7)12-16(13)18(2,3)4;1-12(2)16-11-17(18(4,5)6)13(3)14-9-7-8-10-15(14)16/h11-15H,8-10H2,1-7H3;10-14H,8-9H2,1-7H3;9-13H,8H2,1-7H3;2*8-12H,1-7H3;7-12H,1-6H3. The number of hydrogen-bond acceptors (Lipinski definition) is 0. The van der Waals surface area contributed by atoms with Gasteiger partial charge in [-0.1, -0.05) is 452 Å². The van der Waals surface area contributed by atoms with E-state index in [9.17, 15) is 0 Å². The van der Waals surface area contributed by atoms with E-state index >= 15 is 0 Å². The van der Waals surface area contributed by atoms with Crippen molar-refractivity contribution in [2.45, 2.75) is 375 Å². The fourth-order valence-electron chi connectivity index (χ4n) is 19.2. The van der Waals surface area contributed by atoms with Crippen LogP contribution in [0.2, 0.25) is 37.8 Å². The third-order valence-corrected chi connectivity index (χ3v) is 35.1. The number of fused-ring (bicyclic) bond motifs is 6. The van der Waals surface area contributed by atoms with Crippen molar-refractivity contribution in [1.82, 2.24) is 0 Å². The molecule has 0 unspecified atom stereocenters. The maximum absolute atomic E-state index is 2.58. The van der Waals surface area contributed by atoms with E-state index in [4.69, 9.17) is 0 Å². The molecule has 0 N–H and O–H groups in total. The van der Waals surface area contributed by atoms with Crippen molar-refractivity contribution in [3.63, 3.8) is 0 Å². The van der Waals surface area contributed by atoms with Crippen LogP contribution in [0.25, 0.3) is 64.6 Å². The Morgan fingerprint density at radius 1 is 0.235 bits per heavy atom. The van der Waals surface area contributed by atoms with Gasteiger partial charge < -0.3 is 0 Å². The molecule has 0 saturated carbocycles. The van der Waals surface area contributed by atoms with Crippen LogP contribution in [-0.2, 0) is 48.7 Å². The Hall–Kier alpha value is -7.37. The van der Waals surface area contributed by atoms with Gasteiger partial charge >= 0.3 is 0 Å². The first kappa shape index (κ1) is 98.7. The molecule has 0 saturated heterocycles. The minimum Gasteiger partial charge on any atom is -0.0675 e. The van der Waals surface area contributed by atoms with Crippen molar-refractivity contribution in [1.29, 1.82) is 0 Å². The minimum absolute atomic E-state index is 0.174. The van der Waals surface area contributed by atoms with Gasteiger partial charge in [0, 0.05) is 0 Å². The van der Waals surface area contributed by atoms with Crippen LogP contribution in [0.15, 0.2) is 182 Å². The van der Waals surface area contributed by atoms with Crippen molar-refractivity contribution < 1.29 is 0 Å². The van der Waals surface area contributed by atoms with Gasteiger partial charge in [0.15, 0.2) is 0 Å². The van der Waals surface area contributed by atoms with Crippen LogP contribution >= 0.6 is 0 Å². The molecule has 12 aromatic carbocycles. The Labute approximate surface area is 731 Å². The molecule has 0 nitrogen and oxygen atoms in total. The Kier molecular flexibility index (Phi) is 31.3. The highest BCUT2D eigenvalue weighted by Gasteiger charge is 2.35. The monoisotopic (exact) mass is 1630 g/mol. The first-order chi connectivity index (χ1) is 54.8. The van der Waals surface area contributed by atoms with Gasteiger partial charge in [-0.05, 0) is 269 Å². The van der Waals surface area contributed by atoms with Gasteiger partial charge in [0.05, 0.1) is 16.1 Å². The lowest BCUT2D eigenvalue weighted by atomic mass is 9.72. The molecule has 2 heteroatoms. The fraction of sp³-hybridized carbons (Fsp3) is 0.487. The summed E-state index contributed by atoms with van der Waals surface area (Å²) in [4.78, 5) is 0. The molecule has 0 amide bonds. The number of benzene rings is 12. The Balaban J connectivity index is 0.000000197. The minimum atomic E-state index is -1.39. The Morgan fingerprint density at radius 3 is 0.731 bits per heavy atom. The molecule has 0 bridgehead atoms. The maximum atomic E-state index is 2.58. The molecule has 0 fully saturated rings. The molecule has 0 aliphatic rings. The lowest BCUT2D eigenvalue weighted by Crippen LogP contribution is -2.46. The van der Waals surface area contributed by atoms with E-state index in [2.05, 4.69) is 465 Å². The summed E-state index contributed by atoms with van der Waals surface area (Å²) in [5.41, 5.74) is 25.4. The normalized spacial score (nSPS) is 12.9. The van der Waals surface area contributed by atoms with E-state index in [1.165, 1.54) is 185 Å². The summed E-state index contributed by atoms with van der Waals surface area (Å²) < 4.78 is 0. The molecule has 0 aromatic heterocycles. The zero-order valence-corrected chi connectivity index (χ0v) is 85.6. The quantitative estimate of drug-likeness (QED) is 0.113. The summed E-state index contributed by atoms with van der Waals surface area (Å²) in [6.07, 6.45) is 3.52. The highest BCUT2D eigenvalue weighted by atomic mass is 28.3. The second-order valence-electron chi connectivity index (χ2n) is 44.9. The second-order valence-corrected chi connectivity index (χ2v) is 55.2. The summed E-state index contributed by atoms with van der Waals surface area (Å²) >= 11 is 0. The van der Waals surface area contributed by atoms with Crippen molar-refractivity contribution in [3.8, 4) is 0 Å². The molecule has 12 aromatic rings. The Bertz CT molecular complexity index is 5350. The predicted molar refractivity (Wildman–Crippen MR) is 548 cm³/mol. The number of aryl methyl sites for hydroxylation is 6. The van der Waals surface area contributed by atoms with Gasteiger partial charge in [-0.15, -0.1) is 0 Å². The molecule has 0 atom stereocenters. The fourth-order valence-corrected chi connectivity index (χ4v) is 24.7. The SMILES string of the molecule is CCC(C)(C)c1cc(C(C)(C)C)c(C)c2ccccc12.CCC(C)(CC)c1cc(C(C)(C)C)c(C)c2ccccc12.CC[Si](CC)(CC)c1cc(C(C)(C)C)c(C)c2ccccc12.Cc1c(C(C)(C)C)cc(C(C)(C)C)c2ccccc12.Cc1c(C(C)(C)C)cc(C(C)C)c2ccccc12.Cc1c(C(C)(C)C)cc([Si](C)(C)C)c2ccccc12. The summed E-state index contributed by atoms with van der Waals surface area (Å²) in [5.74, 6) is 0.566. The van der Waals surface area contributed by atoms with Crippen molar-refractivity contribution in [2.75, 3.05) is 0 Å². The highest BCUT2D eigenvalue weighted by Crippen LogP contribution is 2.45. The van der Waals surface area contributed by atoms with E-state index < -0.39 is 16.1 Å². The third-order valence-electron chi connectivity index (χ3n) is 27.4. The molecular weight excluding hydrogens is 1460 g/mol. The summed E-state index contributed by atoms with van der Waals surface area (Å²) in [6, 6.07) is 72.3. The largest absolute Gasteiger partial charge is 0.0867 e. The van der Waals surface area contributed by atoms with Crippen molar-refractivity contribution >= 4 is 91.2 Å². The van der Waals surface area contributed by atoms with E-state index in [0.29, 0.717) is 5.92 Å². The number of rotatable bonds is 11. The van der Waals surface area contributed by atoms with Crippen LogP contribution in [-0.4, -0.2) is 16.1 Å². The lowest BCUT2D eigenvalue weighted by Gasteiger charge is -2.33. The van der Waals surface area contributed by atoms with Crippen LogP contribution in [0.5, 0.6) is 0 Å². The van der Waals surface area contributed by atoms with Crippen LogP contribution in [0, 0.1) is 41.5 Å². The van der Waals surface area contributed by atoms with E-state index in [-0.39, 0.29) is 48.7 Å². The summed E-state index contributed by atoms with van der Waals surface area (Å²) in [7, 11) is -2.72. The zero-order chi connectivity index (χ0) is 89.9. The lowest BCUT2D eigenvalue weighted by molar-refractivity contribution is 0.441. The molecule has 0 aliphatic heterocycles. The molecule has 0 aliphatic carbocycles. The van der Waals surface area contributed by atoms with Crippen molar-refractivity contribution in [2.24, 2.45) is 0 Å². The van der Waals surface area contributed by atoms with Crippen LogP contribution in [0.1, 0.15) is 336 Å². The van der Waals surface area contributed by atoms with Crippen LogP contribution in [0.4, 0.5) is 0 Å². The molecule has 12 rings (SSSR count). The zero-order valence-electron chi connectivity index (χ0n) is 83.6.